The number of rotatable bonds is 4. The highest BCUT2D eigenvalue weighted by Crippen LogP contribution is 2.23. The van der Waals surface area contributed by atoms with E-state index in [1.54, 1.807) is 30.1 Å². The molecule has 1 aromatic heterocycles. The van der Waals surface area contributed by atoms with Crippen LogP contribution in [0.3, 0.4) is 0 Å². The molecule has 0 saturated heterocycles. The monoisotopic (exact) mass is 293 g/mol. The summed E-state index contributed by atoms with van der Waals surface area (Å²) < 4.78 is 1.58. The predicted molar refractivity (Wildman–Crippen MR) is 77.7 cm³/mol. The highest BCUT2D eigenvalue weighted by atomic mass is 16.4. The number of aliphatic carboxylic acids is 1. The molecule has 1 aliphatic carbocycles. The topological polar surface area (TPSA) is 84.2 Å². The van der Waals surface area contributed by atoms with Crippen LogP contribution in [0.25, 0.3) is 0 Å². The van der Waals surface area contributed by atoms with Gasteiger partial charge < -0.3 is 10.4 Å². The summed E-state index contributed by atoms with van der Waals surface area (Å²) in [5, 5.41) is 16.4. The summed E-state index contributed by atoms with van der Waals surface area (Å²) in [4.78, 5) is 23.8. The number of nitrogens with zero attached hydrogens (tertiary/aromatic N) is 2. The fourth-order valence-corrected chi connectivity index (χ4v) is 2.89. The van der Waals surface area contributed by atoms with Crippen LogP contribution < -0.4 is 5.32 Å². The molecule has 0 spiro atoms. The van der Waals surface area contributed by atoms with E-state index in [1.165, 1.54) is 0 Å². The van der Waals surface area contributed by atoms with E-state index in [2.05, 4.69) is 10.4 Å². The first-order valence-corrected chi connectivity index (χ1v) is 7.62. The fraction of sp³-hybridized carbons (Fsp3) is 0.667. The summed E-state index contributed by atoms with van der Waals surface area (Å²) >= 11 is 0. The van der Waals surface area contributed by atoms with Gasteiger partial charge in [0.25, 0.3) is 0 Å². The summed E-state index contributed by atoms with van der Waals surface area (Å²) in [6, 6.07) is 1.05. The van der Waals surface area contributed by atoms with E-state index in [1.807, 2.05) is 0 Å². The zero-order chi connectivity index (χ0) is 15.2. The number of nitrogens with one attached hydrogen (secondary N) is 1. The number of carboxylic acid groups (broad SMARTS) is 1. The Kier molecular flexibility index (Phi) is 5.36. The molecule has 0 bridgehead atoms. The predicted octanol–water partition coefficient (Wildman–Crippen LogP) is 1.98. The smallest absolute Gasteiger partial charge is 0.308 e. The van der Waals surface area contributed by atoms with E-state index in [0.717, 1.165) is 32.1 Å². The van der Waals surface area contributed by atoms with Gasteiger partial charge in [-0.1, -0.05) is 25.7 Å². The van der Waals surface area contributed by atoms with Gasteiger partial charge in [0.2, 0.25) is 5.91 Å². The summed E-state index contributed by atoms with van der Waals surface area (Å²) in [7, 11) is 0. The molecule has 21 heavy (non-hydrogen) atoms. The van der Waals surface area contributed by atoms with Crippen LogP contribution in [0.15, 0.2) is 18.5 Å². The largest absolute Gasteiger partial charge is 0.481 e. The Morgan fingerprint density at radius 2 is 2.00 bits per heavy atom. The average molecular weight is 293 g/mol. The van der Waals surface area contributed by atoms with Crippen molar-refractivity contribution in [3.05, 3.63) is 18.5 Å². The second-order valence-corrected chi connectivity index (χ2v) is 5.71. The molecule has 6 heteroatoms. The Labute approximate surface area is 124 Å². The fourth-order valence-electron chi connectivity index (χ4n) is 2.89. The first-order valence-electron chi connectivity index (χ1n) is 7.62. The highest BCUT2D eigenvalue weighted by molar-refractivity contribution is 5.81. The Hall–Kier alpha value is -1.85. The van der Waals surface area contributed by atoms with Gasteiger partial charge in [-0.2, -0.15) is 5.10 Å². The van der Waals surface area contributed by atoms with E-state index in [0.29, 0.717) is 6.42 Å². The van der Waals surface area contributed by atoms with Gasteiger partial charge in [-0.15, -0.1) is 0 Å². The van der Waals surface area contributed by atoms with Gasteiger partial charge in [-0.3, -0.25) is 14.3 Å². The molecule has 1 aromatic rings. The number of carbonyl (C=O) groups excluding carboxylic acids is 1. The molecule has 3 unspecified atom stereocenters. The maximum Gasteiger partial charge on any atom is 0.308 e. The van der Waals surface area contributed by atoms with E-state index in [-0.39, 0.29) is 11.9 Å². The maximum absolute atomic E-state index is 12.3. The van der Waals surface area contributed by atoms with Gasteiger partial charge in [0.1, 0.15) is 6.04 Å². The van der Waals surface area contributed by atoms with E-state index < -0.39 is 17.9 Å². The van der Waals surface area contributed by atoms with Crippen molar-refractivity contribution in [1.82, 2.24) is 15.1 Å². The number of hydrogen-bond donors (Lipinski definition) is 2. The first-order chi connectivity index (χ1) is 10.1. The zero-order valence-corrected chi connectivity index (χ0v) is 12.4. The molecule has 1 amide bonds. The van der Waals surface area contributed by atoms with Crippen molar-refractivity contribution in [2.45, 2.75) is 57.5 Å². The lowest BCUT2D eigenvalue weighted by atomic mass is 9.86. The Balaban J connectivity index is 2.02. The quantitative estimate of drug-likeness (QED) is 0.889. The average Bonchev–Trinajstić information content (AvgIpc) is 2.94. The number of amides is 1. The lowest BCUT2D eigenvalue weighted by Gasteiger charge is -2.28. The molecule has 1 heterocycles. The second kappa shape index (κ2) is 7.24. The summed E-state index contributed by atoms with van der Waals surface area (Å²) in [6.45, 7) is 1.76. The number of aromatic nitrogens is 2. The van der Waals surface area contributed by atoms with E-state index in [4.69, 9.17) is 0 Å². The minimum atomic E-state index is -0.811. The number of carboxylic acids is 1. The third-order valence-electron chi connectivity index (χ3n) is 4.21. The molecule has 116 valence electrons. The van der Waals surface area contributed by atoms with Crippen LogP contribution in [0, 0.1) is 5.92 Å². The van der Waals surface area contributed by atoms with E-state index in [9.17, 15) is 14.7 Å². The Morgan fingerprint density at radius 3 is 2.62 bits per heavy atom. The molecule has 1 saturated carbocycles. The van der Waals surface area contributed by atoms with Crippen molar-refractivity contribution in [2.24, 2.45) is 5.92 Å². The molecule has 2 N–H and O–H groups in total. The van der Waals surface area contributed by atoms with Crippen molar-refractivity contribution in [3.63, 3.8) is 0 Å². The Bertz CT molecular complexity index is 473. The zero-order valence-electron chi connectivity index (χ0n) is 12.4. The molecule has 6 nitrogen and oxygen atoms in total. The third-order valence-corrected chi connectivity index (χ3v) is 4.21. The molecular weight excluding hydrogens is 270 g/mol. The van der Waals surface area contributed by atoms with Crippen LogP contribution in [-0.2, 0) is 9.59 Å². The molecule has 1 fully saturated rings. The summed E-state index contributed by atoms with van der Waals surface area (Å²) in [5.74, 6) is -1.47. The molecule has 0 aliphatic heterocycles. The first kappa shape index (κ1) is 15.5. The lowest BCUT2D eigenvalue weighted by Crippen LogP contribution is -2.46. The lowest BCUT2D eigenvalue weighted by molar-refractivity contribution is -0.143. The van der Waals surface area contributed by atoms with Crippen LogP contribution >= 0.6 is 0 Å². The maximum atomic E-state index is 12.3. The normalized spacial score (nSPS) is 24.6. The van der Waals surface area contributed by atoms with Gasteiger partial charge in [0, 0.05) is 18.4 Å². The Morgan fingerprint density at radius 1 is 1.29 bits per heavy atom. The van der Waals surface area contributed by atoms with Crippen LogP contribution in [0.1, 0.15) is 51.5 Å². The van der Waals surface area contributed by atoms with Crippen LogP contribution in [-0.4, -0.2) is 32.8 Å². The van der Waals surface area contributed by atoms with Gasteiger partial charge >= 0.3 is 5.97 Å². The summed E-state index contributed by atoms with van der Waals surface area (Å²) in [5.41, 5.74) is 0. The van der Waals surface area contributed by atoms with Crippen molar-refractivity contribution in [3.8, 4) is 0 Å². The van der Waals surface area contributed by atoms with Crippen molar-refractivity contribution >= 4 is 11.9 Å². The van der Waals surface area contributed by atoms with Crippen LogP contribution in [0.4, 0.5) is 0 Å². The van der Waals surface area contributed by atoms with Crippen LogP contribution in [0.5, 0.6) is 0 Å². The highest BCUT2D eigenvalue weighted by Gasteiger charge is 2.31. The summed E-state index contributed by atoms with van der Waals surface area (Å²) in [6.07, 6.45) is 8.78. The molecular formula is C15H23N3O3. The number of carbonyl (C=O) groups is 2. The van der Waals surface area contributed by atoms with E-state index >= 15 is 0 Å². The minimum Gasteiger partial charge on any atom is -0.481 e. The number of hydrogen-bond acceptors (Lipinski definition) is 3. The van der Waals surface area contributed by atoms with Gasteiger partial charge in [0.05, 0.1) is 5.92 Å². The molecule has 0 aromatic carbocycles. The molecule has 2 rings (SSSR count). The molecule has 1 aliphatic rings. The minimum absolute atomic E-state index is 0.171. The van der Waals surface area contributed by atoms with Gasteiger partial charge in [-0.25, -0.2) is 0 Å². The standard InChI is InChI=1S/C15H23N3O3/c1-11(18-10-6-9-16-18)14(19)17-13-8-5-3-2-4-7-12(13)15(20)21/h6,9-13H,2-5,7-8H2,1H3,(H,17,19)(H,20,21). The second-order valence-electron chi connectivity index (χ2n) is 5.71. The van der Waals surface area contributed by atoms with Crippen molar-refractivity contribution in [1.29, 1.82) is 0 Å². The van der Waals surface area contributed by atoms with Gasteiger partial charge in [0.15, 0.2) is 0 Å². The third kappa shape index (κ3) is 4.06. The van der Waals surface area contributed by atoms with Gasteiger partial charge in [-0.05, 0) is 25.8 Å². The SMILES string of the molecule is CC(C(=O)NC1CCCCCCC1C(=O)O)n1cccn1. The molecule has 3 atom stereocenters. The van der Waals surface area contributed by atoms with Crippen LogP contribution in [0.2, 0.25) is 0 Å². The van der Waals surface area contributed by atoms with Crippen molar-refractivity contribution in [2.75, 3.05) is 0 Å². The molecule has 0 radical (unpaired) electrons. The van der Waals surface area contributed by atoms with Crippen molar-refractivity contribution < 1.29 is 14.7 Å².